The Hall–Kier alpha value is -2.44. The van der Waals surface area contributed by atoms with E-state index in [2.05, 4.69) is 14.8 Å². The molecular weight excluding hydrogens is 342 g/mol. The summed E-state index contributed by atoms with van der Waals surface area (Å²) < 4.78 is 5.66. The molecular formula is C21H27N3O3. The highest BCUT2D eigenvalue weighted by molar-refractivity contribution is 5.95. The molecule has 0 bridgehead atoms. The fourth-order valence-electron chi connectivity index (χ4n) is 3.18. The van der Waals surface area contributed by atoms with Gasteiger partial charge in [0, 0.05) is 50.9 Å². The van der Waals surface area contributed by atoms with Crippen molar-refractivity contribution in [3.8, 4) is 5.75 Å². The molecule has 1 fully saturated rings. The number of ketones is 1. The summed E-state index contributed by atoms with van der Waals surface area (Å²) in [6, 6.07) is 13.0. The number of rotatable bonds is 8. The largest absolute Gasteiger partial charge is 0.491 e. The maximum atomic E-state index is 11.6. The maximum absolute atomic E-state index is 11.6. The zero-order valence-corrected chi connectivity index (χ0v) is 15.8. The third kappa shape index (κ3) is 5.52. The Balaban J connectivity index is 1.40. The molecule has 0 amide bonds. The van der Waals surface area contributed by atoms with Crippen LogP contribution in [0.2, 0.25) is 0 Å². The summed E-state index contributed by atoms with van der Waals surface area (Å²) in [4.78, 5) is 20.5. The highest BCUT2D eigenvalue weighted by Gasteiger charge is 2.20. The first-order valence-corrected chi connectivity index (χ1v) is 9.48. The van der Waals surface area contributed by atoms with Gasteiger partial charge in [0.2, 0.25) is 0 Å². The summed E-state index contributed by atoms with van der Waals surface area (Å²) in [7, 11) is 0. The van der Waals surface area contributed by atoms with Gasteiger partial charge >= 0.3 is 0 Å². The zero-order chi connectivity index (χ0) is 19.1. The van der Waals surface area contributed by atoms with Crippen LogP contribution in [-0.4, -0.2) is 66.2 Å². The van der Waals surface area contributed by atoms with Crippen LogP contribution in [0.3, 0.4) is 0 Å². The van der Waals surface area contributed by atoms with Crippen LogP contribution in [0.1, 0.15) is 23.7 Å². The number of carbonyl (C=O) groups is 1. The van der Waals surface area contributed by atoms with Gasteiger partial charge in [-0.3, -0.25) is 9.69 Å². The number of aliphatic hydroxyl groups excluding tert-OH is 1. The molecule has 144 valence electrons. The molecule has 1 N–H and O–H groups in total. The second-order valence-corrected chi connectivity index (χ2v) is 6.74. The van der Waals surface area contributed by atoms with Gasteiger partial charge in [-0.15, -0.1) is 0 Å². The normalized spacial score (nSPS) is 16.1. The highest BCUT2D eigenvalue weighted by atomic mass is 16.5. The number of piperazine rings is 1. The van der Waals surface area contributed by atoms with E-state index in [0.29, 0.717) is 24.3 Å². The second-order valence-electron chi connectivity index (χ2n) is 6.74. The van der Waals surface area contributed by atoms with E-state index >= 15 is 0 Å². The number of ether oxygens (including phenoxy) is 1. The fourth-order valence-corrected chi connectivity index (χ4v) is 3.18. The number of anilines is 1. The molecule has 6 heteroatoms. The van der Waals surface area contributed by atoms with E-state index in [1.165, 1.54) is 0 Å². The van der Waals surface area contributed by atoms with Gasteiger partial charge in [0.1, 0.15) is 24.3 Å². The summed E-state index contributed by atoms with van der Waals surface area (Å²) in [5.74, 6) is 1.79. The predicted molar refractivity (Wildman–Crippen MR) is 105 cm³/mol. The molecule has 27 heavy (non-hydrogen) atoms. The van der Waals surface area contributed by atoms with Crippen LogP contribution in [0.4, 0.5) is 5.82 Å². The number of Topliss-reactive ketones (excluding diaryl/α,β-unsaturated/α-hetero) is 1. The number of aliphatic hydroxyl groups is 1. The van der Waals surface area contributed by atoms with E-state index in [4.69, 9.17) is 4.74 Å². The molecule has 6 nitrogen and oxygen atoms in total. The third-order valence-electron chi connectivity index (χ3n) is 4.75. The molecule has 1 aromatic heterocycles. The Morgan fingerprint density at radius 1 is 1.15 bits per heavy atom. The summed E-state index contributed by atoms with van der Waals surface area (Å²) in [5, 5.41) is 10.3. The van der Waals surface area contributed by atoms with Crippen molar-refractivity contribution >= 4 is 11.6 Å². The standard InChI is InChI=1S/C21H27N3O3/c1-2-20(26)17-6-8-19(9-7-17)27-16-18(25)15-23-11-13-24(14-12-23)21-5-3-4-10-22-21/h3-10,18,25H,2,11-16H2,1H3/t18-/m0/s1. The summed E-state index contributed by atoms with van der Waals surface area (Å²) in [5.41, 5.74) is 0.691. The van der Waals surface area contributed by atoms with Crippen LogP contribution < -0.4 is 9.64 Å². The van der Waals surface area contributed by atoms with Crippen molar-refractivity contribution in [2.45, 2.75) is 19.4 Å². The van der Waals surface area contributed by atoms with Crippen molar-refractivity contribution in [1.29, 1.82) is 0 Å². The minimum Gasteiger partial charge on any atom is -0.491 e. The number of carbonyl (C=O) groups excluding carboxylic acids is 1. The lowest BCUT2D eigenvalue weighted by Crippen LogP contribution is -2.49. The quantitative estimate of drug-likeness (QED) is 0.720. The van der Waals surface area contributed by atoms with Gasteiger partial charge in [-0.05, 0) is 36.4 Å². The molecule has 1 aliphatic heterocycles. The van der Waals surface area contributed by atoms with Crippen LogP contribution in [-0.2, 0) is 0 Å². The minimum absolute atomic E-state index is 0.117. The second kappa shape index (κ2) is 9.48. The first-order valence-electron chi connectivity index (χ1n) is 9.48. The van der Waals surface area contributed by atoms with E-state index in [1.54, 1.807) is 24.3 Å². The Kier molecular flexibility index (Phi) is 6.79. The van der Waals surface area contributed by atoms with Gasteiger partial charge in [-0.25, -0.2) is 4.98 Å². The van der Waals surface area contributed by atoms with Crippen molar-refractivity contribution in [3.63, 3.8) is 0 Å². The van der Waals surface area contributed by atoms with Crippen LogP contribution in [0, 0.1) is 0 Å². The number of hydrogen-bond acceptors (Lipinski definition) is 6. The van der Waals surface area contributed by atoms with Crippen LogP contribution in [0.15, 0.2) is 48.7 Å². The molecule has 3 rings (SSSR count). The van der Waals surface area contributed by atoms with Gasteiger partial charge in [0.05, 0.1) is 0 Å². The number of β-amino-alcohol motifs (C(OH)–C–C–N with tert-alkyl or cyclic N) is 1. The van der Waals surface area contributed by atoms with Gasteiger partial charge in [-0.1, -0.05) is 13.0 Å². The van der Waals surface area contributed by atoms with E-state index < -0.39 is 6.10 Å². The van der Waals surface area contributed by atoms with Gasteiger partial charge in [0.25, 0.3) is 0 Å². The van der Waals surface area contributed by atoms with Crippen molar-refractivity contribution in [2.75, 3.05) is 44.2 Å². The number of pyridine rings is 1. The molecule has 1 atom stereocenters. The molecule has 0 unspecified atom stereocenters. The molecule has 2 aromatic rings. The Morgan fingerprint density at radius 3 is 2.52 bits per heavy atom. The summed E-state index contributed by atoms with van der Waals surface area (Å²) in [6.07, 6.45) is 1.75. The lowest BCUT2D eigenvalue weighted by molar-refractivity contribution is 0.0662. The van der Waals surface area contributed by atoms with E-state index in [0.717, 1.165) is 32.0 Å². The Labute approximate surface area is 160 Å². The van der Waals surface area contributed by atoms with Crippen molar-refractivity contribution in [2.24, 2.45) is 0 Å². The van der Waals surface area contributed by atoms with Crippen molar-refractivity contribution in [1.82, 2.24) is 9.88 Å². The van der Waals surface area contributed by atoms with Gasteiger partial charge < -0.3 is 14.7 Å². The monoisotopic (exact) mass is 369 g/mol. The zero-order valence-electron chi connectivity index (χ0n) is 15.8. The molecule has 2 heterocycles. The molecule has 0 radical (unpaired) electrons. The third-order valence-corrected chi connectivity index (χ3v) is 4.75. The van der Waals surface area contributed by atoms with Crippen molar-refractivity contribution in [3.05, 3.63) is 54.2 Å². The van der Waals surface area contributed by atoms with E-state index in [-0.39, 0.29) is 12.4 Å². The Morgan fingerprint density at radius 2 is 1.89 bits per heavy atom. The molecule has 0 aliphatic carbocycles. The van der Waals surface area contributed by atoms with Crippen LogP contribution in [0.5, 0.6) is 5.75 Å². The molecule has 1 aromatic carbocycles. The predicted octanol–water partition coefficient (Wildman–Crippen LogP) is 2.24. The van der Waals surface area contributed by atoms with Gasteiger partial charge in [0.15, 0.2) is 5.78 Å². The van der Waals surface area contributed by atoms with Crippen LogP contribution >= 0.6 is 0 Å². The fraction of sp³-hybridized carbons (Fsp3) is 0.429. The number of hydrogen-bond donors (Lipinski definition) is 1. The number of nitrogens with zero attached hydrogens (tertiary/aromatic N) is 3. The Bertz CT molecular complexity index is 713. The molecule has 1 saturated heterocycles. The number of aromatic nitrogens is 1. The first-order chi connectivity index (χ1) is 13.2. The average Bonchev–Trinajstić information content (AvgIpc) is 2.73. The molecule has 1 aliphatic rings. The maximum Gasteiger partial charge on any atom is 0.162 e. The highest BCUT2D eigenvalue weighted by Crippen LogP contribution is 2.15. The summed E-state index contributed by atoms with van der Waals surface area (Å²) >= 11 is 0. The van der Waals surface area contributed by atoms with Crippen molar-refractivity contribution < 1.29 is 14.6 Å². The molecule has 0 saturated carbocycles. The SMILES string of the molecule is CCC(=O)c1ccc(OC[C@@H](O)CN2CCN(c3ccccn3)CC2)cc1. The summed E-state index contributed by atoms with van der Waals surface area (Å²) in [6.45, 7) is 6.25. The smallest absolute Gasteiger partial charge is 0.162 e. The molecule has 0 spiro atoms. The first kappa shape index (κ1) is 19.3. The van der Waals surface area contributed by atoms with Gasteiger partial charge in [-0.2, -0.15) is 0 Å². The van der Waals surface area contributed by atoms with E-state index in [1.807, 2.05) is 31.3 Å². The topological polar surface area (TPSA) is 65.9 Å². The van der Waals surface area contributed by atoms with Crippen LogP contribution in [0.25, 0.3) is 0 Å². The lowest BCUT2D eigenvalue weighted by Gasteiger charge is -2.36. The minimum atomic E-state index is -0.552. The lowest BCUT2D eigenvalue weighted by atomic mass is 10.1. The van der Waals surface area contributed by atoms with E-state index in [9.17, 15) is 9.90 Å². The average molecular weight is 369 g/mol. The number of benzene rings is 1.